The standard InChI is InChI=1S/C30H26FNO7/c1-14(33)22-27(36)25(32(2)3)19-13-17-12-18-15(8-9-16-6-4-5-7-20(16)31)10-11-21(34)24(18)26(35)23(17)29(38)30(19,39)28(22)37/h4-7,10-11,17,19,25,34-35,37,39H,12-13H2,1-3H3. The van der Waals surface area contributed by atoms with E-state index in [2.05, 4.69) is 11.8 Å². The van der Waals surface area contributed by atoms with E-state index >= 15 is 0 Å². The van der Waals surface area contributed by atoms with Gasteiger partial charge in [0.2, 0.25) is 5.78 Å². The van der Waals surface area contributed by atoms with Crippen molar-refractivity contribution in [1.29, 1.82) is 0 Å². The van der Waals surface area contributed by atoms with Crippen molar-refractivity contribution in [3.8, 4) is 17.6 Å². The van der Waals surface area contributed by atoms with Crippen LogP contribution in [-0.2, 0) is 20.8 Å². The molecule has 0 bridgehead atoms. The molecule has 0 spiro atoms. The summed E-state index contributed by atoms with van der Waals surface area (Å²) in [5.74, 6) is -1.15. The van der Waals surface area contributed by atoms with Gasteiger partial charge in [-0.25, -0.2) is 4.39 Å². The van der Waals surface area contributed by atoms with E-state index in [-0.39, 0.29) is 35.3 Å². The lowest BCUT2D eigenvalue weighted by Gasteiger charge is -2.50. The highest BCUT2D eigenvalue weighted by Crippen LogP contribution is 2.52. The quantitative estimate of drug-likeness (QED) is 0.343. The third-order valence-electron chi connectivity index (χ3n) is 7.92. The Bertz CT molecular complexity index is 1590. The molecule has 9 heteroatoms. The number of nitrogens with zero attached hydrogens (tertiary/aromatic N) is 1. The van der Waals surface area contributed by atoms with E-state index in [9.17, 15) is 39.2 Å². The Hall–Kier alpha value is -4.26. The third kappa shape index (κ3) is 3.79. The first-order chi connectivity index (χ1) is 18.4. The van der Waals surface area contributed by atoms with E-state index in [4.69, 9.17) is 0 Å². The number of aromatic hydroxyl groups is 1. The molecule has 0 amide bonds. The largest absolute Gasteiger partial charge is 0.508 e. The molecule has 1 fully saturated rings. The molecule has 0 heterocycles. The van der Waals surface area contributed by atoms with E-state index in [1.165, 1.54) is 35.2 Å². The van der Waals surface area contributed by atoms with Gasteiger partial charge in [0, 0.05) is 17.1 Å². The topological polar surface area (TPSA) is 135 Å². The Morgan fingerprint density at radius 3 is 2.36 bits per heavy atom. The summed E-state index contributed by atoms with van der Waals surface area (Å²) in [7, 11) is 3.14. The van der Waals surface area contributed by atoms with Gasteiger partial charge in [-0.05, 0) is 69.6 Å². The van der Waals surface area contributed by atoms with E-state index in [1.54, 1.807) is 20.2 Å². The molecule has 4 unspecified atom stereocenters. The van der Waals surface area contributed by atoms with Crippen molar-refractivity contribution in [2.24, 2.45) is 11.8 Å². The summed E-state index contributed by atoms with van der Waals surface area (Å²) in [5.41, 5.74) is -2.55. The molecular formula is C30H26FNO7. The van der Waals surface area contributed by atoms with E-state index in [0.717, 1.165) is 6.92 Å². The Morgan fingerprint density at radius 2 is 1.72 bits per heavy atom. The number of aliphatic hydroxyl groups excluding tert-OH is 2. The summed E-state index contributed by atoms with van der Waals surface area (Å²) in [6.07, 6.45) is 0.113. The number of carbonyl (C=O) groups is 3. The van der Waals surface area contributed by atoms with Crippen molar-refractivity contribution >= 4 is 23.1 Å². The van der Waals surface area contributed by atoms with Crippen molar-refractivity contribution in [2.75, 3.05) is 14.1 Å². The minimum absolute atomic E-state index is 0.000737. The first kappa shape index (κ1) is 26.4. The average molecular weight is 532 g/mol. The van der Waals surface area contributed by atoms with Crippen molar-refractivity contribution in [2.45, 2.75) is 31.4 Å². The number of hydrogen-bond acceptors (Lipinski definition) is 8. The van der Waals surface area contributed by atoms with Gasteiger partial charge in [0.1, 0.15) is 28.7 Å². The summed E-state index contributed by atoms with van der Waals surface area (Å²) in [5, 5.41) is 44.6. The average Bonchev–Trinajstić information content (AvgIpc) is 2.86. The Labute approximate surface area is 223 Å². The van der Waals surface area contributed by atoms with E-state index in [1.807, 2.05) is 0 Å². The predicted molar refractivity (Wildman–Crippen MR) is 138 cm³/mol. The molecule has 1 saturated carbocycles. The van der Waals surface area contributed by atoms with Crippen LogP contribution in [0.25, 0.3) is 5.76 Å². The van der Waals surface area contributed by atoms with Gasteiger partial charge < -0.3 is 20.4 Å². The number of fused-ring (bicyclic) bond motifs is 3. The highest BCUT2D eigenvalue weighted by molar-refractivity contribution is 6.25. The van der Waals surface area contributed by atoms with Gasteiger partial charge >= 0.3 is 0 Å². The summed E-state index contributed by atoms with van der Waals surface area (Å²) in [4.78, 5) is 40.9. The van der Waals surface area contributed by atoms with Gasteiger partial charge in [-0.3, -0.25) is 19.3 Å². The number of aliphatic hydroxyl groups is 3. The summed E-state index contributed by atoms with van der Waals surface area (Å²) >= 11 is 0. The molecular weight excluding hydrogens is 505 g/mol. The molecule has 8 nitrogen and oxygen atoms in total. The van der Waals surface area contributed by atoms with Crippen LogP contribution in [0, 0.1) is 29.5 Å². The van der Waals surface area contributed by atoms with Crippen LogP contribution < -0.4 is 0 Å². The smallest absolute Gasteiger partial charge is 0.202 e. The van der Waals surface area contributed by atoms with E-state index < -0.39 is 63.7 Å². The lowest BCUT2D eigenvalue weighted by Crippen LogP contribution is -2.65. The fourth-order valence-corrected chi connectivity index (χ4v) is 6.16. The highest BCUT2D eigenvalue weighted by Gasteiger charge is 2.64. The van der Waals surface area contributed by atoms with Crippen molar-refractivity contribution in [3.05, 3.63) is 81.4 Å². The highest BCUT2D eigenvalue weighted by atomic mass is 19.1. The van der Waals surface area contributed by atoms with Crippen LogP contribution in [0.4, 0.5) is 4.39 Å². The number of benzene rings is 2. The fourth-order valence-electron chi connectivity index (χ4n) is 6.16. The monoisotopic (exact) mass is 531 g/mol. The molecule has 0 aromatic heterocycles. The minimum Gasteiger partial charge on any atom is -0.508 e. The number of Topliss-reactive ketones (excluding diaryl/α,β-unsaturated/α-hetero) is 3. The second-order valence-corrected chi connectivity index (χ2v) is 10.4. The molecule has 2 aromatic carbocycles. The van der Waals surface area contributed by atoms with Crippen molar-refractivity contribution in [3.63, 3.8) is 0 Å². The molecule has 3 aliphatic rings. The summed E-state index contributed by atoms with van der Waals surface area (Å²) in [6.45, 7) is 1.06. The van der Waals surface area contributed by atoms with Crippen LogP contribution in [0.3, 0.4) is 0 Å². The maximum atomic E-state index is 14.1. The molecule has 0 radical (unpaired) electrons. The molecule has 200 valence electrons. The maximum absolute atomic E-state index is 14.1. The molecule has 5 rings (SSSR count). The van der Waals surface area contributed by atoms with Crippen LogP contribution in [-0.4, -0.2) is 68.4 Å². The molecule has 4 atom stereocenters. The number of halogens is 1. The first-order valence-corrected chi connectivity index (χ1v) is 12.4. The van der Waals surface area contributed by atoms with Gasteiger partial charge in [0.05, 0.1) is 17.2 Å². The van der Waals surface area contributed by atoms with Gasteiger partial charge in [0.25, 0.3) is 0 Å². The molecule has 2 aromatic rings. The lowest BCUT2D eigenvalue weighted by molar-refractivity contribution is -0.153. The SMILES string of the molecule is CC(=O)C1=C(O)C2(O)C(=O)C3=C(O)c4c(O)ccc(C#Cc5ccccc5F)c4CC3CC2C(N(C)C)C1=O. The van der Waals surface area contributed by atoms with E-state index in [0.29, 0.717) is 11.1 Å². The molecule has 3 aliphatic carbocycles. The van der Waals surface area contributed by atoms with Crippen LogP contribution in [0.1, 0.15) is 35.6 Å². The first-order valence-electron chi connectivity index (χ1n) is 12.4. The van der Waals surface area contributed by atoms with Gasteiger partial charge in [-0.15, -0.1) is 0 Å². The molecule has 0 saturated heterocycles. The second-order valence-electron chi connectivity index (χ2n) is 10.4. The minimum atomic E-state index is -2.63. The van der Waals surface area contributed by atoms with Gasteiger partial charge in [0.15, 0.2) is 17.2 Å². The molecule has 39 heavy (non-hydrogen) atoms. The number of rotatable bonds is 2. The normalized spacial score (nSPS) is 26.1. The number of carbonyl (C=O) groups excluding carboxylic acids is 3. The third-order valence-corrected chi connectivity index (χ3v) is 7.92. The second kappa shape index (κ2) is 9.19. The van der Waals surface area contributed by atoms with Gasteiger partial charge in [-0.2, -0.15) is 0 Å². The zero-order chi connectivity index (χ0) is 28.4. The van der Waals surface area contributed by atoms with Crippen LogP contribution >= 0.6 is 0 Å². The number of likely N-dealkylation sites (N-methyl/N-ethyl adjacent to an activating group) is 1. The van der Waals surface area contributed by atoms with Crippen LogP contribution in [0.2, 0.25) is 0 Å². The molecule has 4 N–H and O–H groups in total. The number of ketones is 3. The zero-order valence-corrected chi connectivity index (χ0v) is 21.4. The van der Waals surface area contributed by atoms with Gasteiger partial charge in [-0.1, -0.05) is 24.0 Å². The maximum Gasteiger partial charge on any atom is 0.202 e. The zero-order valence-electron chi connectivity index (χ0n) is 21.4. The van der Waals surface area contributed by atoms with Crippen molar-refractivity contribution in [1.82, 2.24) is 4.90 Å². The van der Waals surface area contributed by atoms with Crippen molar-refractivity contribution < 1.29 is 39.2 Å². The van der Waals surface area contributed by atoms with Crippen LogP contribution in [0.5, 0.6) is 5.75 Å². The Kier molecular flexibility index (Phi) is 6.21. The summed E-state index contributed by atoms with van der Waals surface area (Å²) in [6, 6.07) is 7.70. The number of phenols is 1. The fraction of sp³-hybridized carbons (Fsp3) is 0.300. The lowest BCUT2D eigenvalue weighted by atomic mass is 9.57. The predicted octanol–water partition coefficient (Wildman–Crippen LogP) is 2.61. The number of hydrogen-bond donors (Lipinski definition) is 4. The Morgan fingerprint density at radius 1 is 1.05 bits per heavy atom. The summed E-state index contributed by atoms with van der Waals surface area (Å²) < 4.78 is 14.1. The van der Waals surface area contributed by atoms with Crippen LogP contribution in [0.15, 0.2) is 53.3 Å². The number of phenolic OH excluding ortho intramolecular Hbond substituents is 1. The Balaban J connectivity index is 1.69. The molecule has 0 aliphatic heterocycles.